The van der Waals surface area contributed by atoms with Crippen molar-refractivity contribution in [3.8, 4) is 0 Å². The van der Waals surface area contributed by atoms with E-state index < -0.39 is 0 Å². The van der Waals surface area contributed by atoms with Crippen LogP contribution in [0.25, 0.3) is 0 Å². The highest BCUT2D eigenvalue weighted by atomic mass is 32.1. The minimum atomic E-state index is 1.00. The van der Waals surface area contributed by atoms with Gasteiger partial charge in [-0.2, -0.15) is 11.3 Å². The standard InChI is InChI=1S/C10H15NS/c1-2-3-4-6-11-8-10-5-7-12-9-10/h2-3,5,7,9,11H,4,6,8H2,1H3/b3-2+. The van der Waals surface area contributed by atoms with Gasteiger partial charge < -0.3 is 5.32 Å². The van der Waals surface area contributed by atoms with Crippen LogP contribution in [0.5, 0.6) is 0 Å². The quantitative estimate of drug-likeness (QED) is 0.544. The Morgan fingerprint density at radius 3 is 3.17 bits per heavy atom. The average molecular weight is 181 g/mol. The van der Waals surface area contributed by atoms with Gasteiger partial charge in [0.25, 0.3) is 0 Å². The molecule has 1 heterocycles. The van der Waals surface area contributed by atoms with Crippen molar-refractivity contribution >= 4 is 11.3 Å². The summed E-state index contributed by atoms with van der Waals surface area (Å²) in [6, 6.07) is 2.16. The maximum Gasteiger partial charge on any atom is 0.0213 e. The van der Waals surface area contributed by atoms with Crippen LogP contribution in [-0.4, -0.2) is 6.54 Å². The molecular weight excluding hydrogens is 166 g/mol. The molecule has 0 aliphatic carbocycles. The van der Waals surface area contributed by atoms with Crippen LogP contribution in [0.15, 0.2) is 29.0 Å². The minimum Gasteiger partial charge on any atom is -0.312 e. The highest BCUT2D eigenvalue weighted by Crippen LogP contribution is 2.04. The van der Waals surface area contributed by atoms with Crippen LogP contribution in [0.3, 0.4) is 0 Å². The zero-order chi connectivity index (χ0) is 8.65. The smallest absolute Gasteiger partial charge is 0.0213 e. The lowest BCUT2D eigenvalue weighted by Gasteiger charge is -1.99. The van der Waals surface area contributed by atoms with Gasteiger partial charge in [0, 0.05) is 6.54 Å². The summed E-state index contributed by atoms with van der Waals surface area (Å²) in [6.07, 6.45) is 5.40. The summed E-state index contributed by atoms with van der Waals surface area (Å²) in [5, 5.41) is 7.68. The van der Waals surface area contributed by atoms with Gasteiger partial charge in [0.05, 0.1) is 0 Å². The lowest BCUT2D eigenvalue weighted by molar-refractivity contribution is 0.697. The third-order valence-electron chi connectivity index (χ3n) is 1.63. The Hall–Kier alpha value is -0.600. The molecule has 0 saturated heterocycles. The Labute approximate surface area is 78.1 Å². The third kappa shape index (κ3) is 3.69. The molecule has 0 atom stereocenters. The fraction of sp³-hybridized carbons (Fsp3) is 0.400. The molecule has 0 saturated carbocycles. The molecule has 1 N–H and O–H groups in total. The second kappa shape index (κ2) is 5.98. The summed E-state index contributed by atoms with van der Waals surface area (Å²) < 4.78 is 0. The van der Waals surface area contributed by atoms with Crippen LogP contribution in [0.4, 0.5) is 0 Å². The van der Waals surface area contributed by atoms with Gasteiger partial charge in [0.15, 0.2) is 0 Å². The van der Waals surface area contributed by atoms with E-state index in [2.05, 4.69) is 41.2 Å². The van der Waals surface area contributed by atoms with Crippen LogP contribution >= 0.6 is 11.3 Å². The van der Waals surface area contributed by atoms with Gasteiger partial charge in [0.2, 0.25) is 0 Å². The van der Waals surface area contributed by atoms with Crippen LogP contribution in [0.1, 0.15) is 18.9 Å². The number of thiophene rings is 1. The second-order valence-corrected chi connectivity index (χ2v) is 3.45. The van der Waals surface area contributed by atoms with Gasteiger partial charge in [-0.15, -0.1) is 0 Å². The van der Waals surface area contributed by atoms with Gasteiger partial charge in [-0.1, -0.05) is 12.2 Å². The van der Waals surface area contributed by atoms with Crippen LogP contribution < -0.4 is 5.32 Å². The van der Waals surface area contributed by atoms with Crippen molar-refractivity contribution in [3.05, 3.63) is 34.5 Å². The molecule has 1 aromatic rings. The molecule has 0 aliphatic heterocycles. The second-order valence-electron chi connectivity index (χ2n) is 2.67. The molecule has 0 aliphatic rings. The molecule has 0 bridgehead atoms. The molecule has 1 aromatic heterocycles. The van der Waals surface area contributed by atoms with Crippen molar-refractivity contribution in [1.29, 1.82) is 0 Å². The highest BCUT2D eigenvalue weighted by molar-refractivity contribution is 7.07. The first-order valence-electron chi connectivity index (χ1n) is 4.26. The predicted molar refractivity (Wildman–Crippen MR) is 55.5 cm³/mol. The zero-order valence-corrected chi connectivity index (χ0v) is 8.23. The molecule has 0 unspecified atom stereocenters. The van der Waals surface area contributed by atoms with E-state index in [0.29, 0.717) is 0 Å². The van der Waals surface area contributed by atoms with E-state index in [9.17, 15) is 0 Å². The van der Waals surface area contributed by atoms with Crippen molar-refractivity contribution in [2.45, 2.75) is 19.9 Å². The largest absolute Gasteiger partial charge is 0.312 e. The van der Waals surface area contributed by atoms with Gasteiger partial charge in [0.1, 0.15) is 0 Å². The summed E-state index contributed by atoms with van der Waals surface area (Å²) in [6.45, 7) is 4.13. The Morgan fingerprint density at radius 1 is 1.58 bits per heavy atom. The molecule has 0 amide bonds. The fourth-order valence-electron chi connectivity index (χ4n) is 0.978. The molecule has 0 radical (unpaired) electrons. The molecular formula is C10H15NS. The van der Waals surface area contributed by atoms with Crippen molar-refractivity contribution in [2.75, 3.05) is 6.54 Å². The highest BCUT2D eigenvalue weighted by Gasteiger charge is 1.89. The van der Waals surface area contributed by atoms with E-state index in [1.807, 2.05) is 0 Å². The third-order valence-corrected chi connectivity index (χ3v) is 2.36. The zero-order valence-electron chi connectivity index (χ0n) is 7.42. The Morgan fingerprint density at radius 2 is 2.50 bits per heavy atom. The Kier molecular flexibility index (Phi) is 4.73. The predicted octanol–water partition coefficient (Wildman–Crippen LogP) is 2.80. The molecule has 0 fully saturated rings. The summed E-state index contributed by atoms with van der Waals surface area (Å²) in [7, 11) is 0. The maximum absolute atomic E-state index is 3.38. The van der Waals surface area contributed by atoms with E-state index in [1.54, 1.807) is 11.3 Å². The molecule has 0 spiro atoms. The molecule has 1 rings (SSSR count). The number of hydrogen-bond donors (Lipinski definition) is 1. The lowest BCUT2D eigenvalue weighted by atomic mass is 10.3. The molecule has 66 valence electrons. The van der Waals surface area contributed by atoms with E-state index in [-0.39, 0.29) is 0 Å². The molecule has 12 heavy (non-hydrogen) atoms. The SMILES string of the molecule is C/C=C/CCNCc1ccsc1. The van der Waals surface area contributed by atoms with E-state index in [1.165, 1.54) is 5.56 Å². The first kappa shape index (κ1) is 9.49. The molecule has 1 nitrogen and oxygen atoms in total. The minimum absolute atomic E-state index is 1.00. The first-order valence-corrected chi connectivity index (χ1v) is 5.20. The monoisotopic (exact) mass is 181 g/mol. The summed E-state index contributed by atoms with van der Waals surface area (Å²) in [5.74, 6) is 0. The summed E-state index contributed by atoms with van der Waals surface area (Å²) in [5.41, 5.74) is 1.39. The van der Waals surface area contributed by atoms with E-state index in [4.69, 9.17) is 0 Å². The molecule has 2 heteroatoms. The summed E-state index contributed by atoms with van der Waals surface area (Å²) >= 11 is 1.75. The number of rotatable bonds is 5. The number of allylic oxidation sites excluding steroid dienone is 1. The van der Waals surface area contributed by atoms with Crippen molar-refractivity contribution in [1.82, 2.24) is 5.32 Å². The van der Waals surface area contributed by atoms with E-state index in [0.717, 1.165) is 19.5 Å². The Balaban J connectivity index is 2.03. The molecule has 0 aromatic carbocycles. The van der Waals surface area contributed by atoms with E-state index >= 15 is 0 Å². The normalized spacial score (nSPS) is 11.1. The number of nitrogens with one attached hydrogen (secondary N) is 1. The van der Waals surface area contributed by atoms with Crippen LogP contribution in [-0.2, 0) is 6.54 Å². The van der Waals surface area contributed by atoms with Gasteiger partial charge in [-0.05, 0) is 42.3 Å². The van der Waals surface area contributed by atoms with Crippen LogP contribution in [0.2, 0.25) is 0 Å². The number of hydrogen-bond acceptors (Lipinski definition) is 2. The summed E-state index contributed by atoms with van der Waals surface area (Å²) in [4.78, 5) is 0. The van der Waals surface area contributed by atoms with Gasteiger partial charge in [-0.3, -0.25) is 0 Å². The Bertz CT molecular complexity index is 214. The maximum atomic E-state index is 3.38. The van der Waals surface area contributed by atoms with Crippen LogP contribution in [0, 0.1) is 0 Å². The van der Waals surface area contributed by atoms with Gasteiger partial charge >= 0.3 is 0 Å². The van der Waals surface area contributed by atoms with Crippen molar-refractivity contribution < 1.29 is 0 Å². The first-order chi connectivity index (χ1) is 5.93. The van der Waals surface area contributed by atoms with Crippen molar-refractivity contribution in [3.63, 3.8) is 0 Å². The fourth-order valence-corrected chi connectivity index (χ4v) is 1.65. The average Bonchev–Trinajstić information content (AvgIpc) is 2.57. The topological polar surface area (TPSA) is 12.0 Å². The lowest BCUT2D eigenvalue weighted by Crippen LogP contribution is -2.13. The van der Waals surface area contributed by atoms with Crippen molar-refractivity contribution in [2.24, 2.45) is 0 Å². The van der Waals surface area contributed by atoms with Gasteiger partial charge in [-0.25, -0.2) is 0 Å².